The van der Waals surface area contributed by atoms with Crippen LogP contribution in [0.25, 0.3) is 0 Å². The lowest BCUT2D eigenvalue weighted by molar-refractivity contribution is -0.369. The number of epoxide rings is 1. The first-order valence-electron chi connectivity index (χ1n) is 13.2. The molecule has 4 saturated heterocycles. The van der Waals surface area contributed by atoms with Crippen LogP contribution in [-0.4, -0.2) is 165 Å². The summed E-state index contributed by atoms with van der Waals surface area (Å²) in [5.41, 5.74) is 5.43. The van der Waals surface area contributed by atoms with Crippen LogP contribution in [-0.2, 0) is 38.0 Å². The number of nitrogens with two attached hydrogens (primary N) is 1. The molecule has 4 aliphatic rings. The molecule has 0 amide bonds. The Morgan fingerprint density at radius 2 is 1.27 bits per heavy atom. The maximum absolute atomic E-state index is 11.9. The van der Waals surface area contributed by atoms with Crippen LogP contribution >= 0.6 is 0 Å². The molecule has 4 heterocycles. The van der Waals surface area contributed by atoms with Crippen molar-refractivity contribution >= 4 is 5.97 Å². The molecule has 17 heteroatoms. The van der Waals surface area contributed by atoms with E-state index in [4.69, 9.17) is 38.9 Å². The smallest absolute Gasteiger partial charge is 0.335 e. The Morgan fingerprint density at radius 1 is 0.675 bits per heavy atom. The summed E-state index contributed by atoms with van der Waals surface area (Å²) in [5.74, 6) is -1.57. The number of aliphatic hydroxyl groups is 7. The van der Waals surface area contributed by atoms with Crippen LogP contribution in [0.2, 0.25) is 0 Å². The molecule has 4 rings (SSSR count). The van der Waals surface area contributed by atoms with Gasteiger partial charge in [0.05, 0.1) is 13.2 Å². The van der Waals surface area contributed by atoms with E-state index in [1.807, 2.05) is 0 Å². The highest BCUT2D eigenvalue weighted by Gasteiger charge is 2.59. The Hall–Kier alpha value is -1.13. The third-order valence-corrected chi connectivity index (χ3v) is 7.35. The van der Waals surface area contributed by atoms with E-state index >= 15 is 0 Å². The average molecular weight is 586 g/mol. The molecule has 232 valence electrons. The van der Waals surface area contributed by atoms with Crippen molar-refractivity contribution < 1.29 is 78.8 Å². The number of rotatable bonds is 13. The second-order valence-electron chi connectivity index (χ2n) is 10.2. The highest BCUT2D eigenvalue weighted by Crippen LogP contribution is 2.39. The number of aliphatic hydroxyl groups excluding tert-OH is 7. The van der Waals surface area contributed by atoms with Gasteiger partial charge in [0.1, 0.15) is 67.1 Å². The Labute approximate surface area is 228 Å². The molecule has 0 saturated carbocycles. The molecular weight excluding hydrogens is 546 g/mol. The van der Waals surface area contributed by atoms with Crippen molar-refractivity contribution in [3.8, 4) is 0 Å². The van der Waals surface area contributed by atoms with E-state index in [2.05, 4.69) is 0 Å². The summed E-state index contributed by atoms with van der Waals surface area (Å²) in [6, 6.07) is 0. The number of aliphatic carboxylic acids is 1. The van der Waals surface area contributed by atoms with Gasteiger partial charge in [-0.15, -0.1) is 0 Å². The number of carboxylic acid groups (broad SMARTS) is 1. The molecular formula is C23H39NO16. The zero-order valence-corrected chi connectivity index (χ0v) is 21.5. The lowest BCUT2D eigenvalue weighted by Gasteiger charge is -2.46. The summed E-state index contributed by atoms with van der Waals surface area (Å²) in [6.45, 7) is -0.611. The molecule has 10 N–H and O–H groups in total. The monoisotopic (exact) mass is 585 g/mol. The number of carbonyl (C=O) groups is 1. The van der Waals surface area contributed by atoms with Crippen molar-refractivity contribution in [1.82, 2.24) is 0 Å². The second-order valence-corrected chi connectivity index (χ2v) is 10.2. The van der Waals surface area contributed by atoms with Crippen LogP contribution in [0.15, 0.2) is 0 Å². The normalized spacial score (nSPS) is 47.0. The summed E-state index contributed by atoms with van der Waals surface area (Å²) in [6.07, 6.45) is -19.8. The summed E-state index contributed by atoms with van der Waals surface area (Å²) in [4.78, 5) is 11.9. The van der Waals surface area contributed by atoms with Crippen molar-refractivity contribution in [2.24, 2.45) is 5.73 Å². The van der Waals surface area contributed by atoms with Crippen LogP contribution in [0.5, 0.6) is 0 Å². The van der Waals surface area contributed by atoms with Crippen LogP contribution < -0.4 is 5.73 Å². The number of hydrogen-bond donors (Lipinski definition) is 9. The number of fused-ring (bicyclic) bond motifs is 1. The Kier molecular flexibility index (Phi) is 11.0. The first-order chi connectivity index (χ1) is 19.1. The third-order valence-electron chi connectivity index (χ3n) is 7.35. The first kappa shape index (κ1) is 31.8. The zero-order chi connectivity index (χ0) is 29.1. The SMILES string of the molecule is NCCCCCOC1OC(C(=O)O)C(OC2OC(CO)C(OC3OC(CO)C4OC4C3O)C(O)C2O)C(O)C1O. The van der Waals surface area contributed by atoms with Crippen LogP contribution in [0.4, 0.5) is 0 Å². The molecule has 0 aromatic rings. The fraction of sp³-hybridized carbons (Fsp3) is 0.957. The van der Waals surface area contributed by atoms with Gasteiger partial charge < -0.3 is 79.7 Å². The lowest BCUT2D eigenvalue weighted by atomic mass is 9.96. The predicted molar refractivity (Wildman–Crippen MR) is 125 cm³/mol. The summed E-state index contributed by atoms with van der Waals surface area (Å²) in [7, 11) is 0. The average Bonchev–Trinajstić information content (AvgIpc) is 3.74. The first-order valence-corrected chi connectivity index (χ1v) is 13.2. The highest BCUT2D eigenvalue weighted by molar-refractivity contribution is 5.73. The van der Waals surface area contributed by atoms with Crippen LogP contribution in [0, 0.1) is 0 Å². The van der Waals surface area contributed by atoms with E-state index in [0.717, 1.165) is 12.8 Å². The van der Waals surface area contributed by atoms with Gasteiger partial charge >= 0.3 is 5.97 Å². The van der Waals surface area contributed by atoms with E-state index in [0.29, 0.717) is 13.0 Å². The third kappa shape index (κ3) is 6.74. The zero-order valence-electron chi connectivity index (χ0n) is 21.5. The van der Waals surface area contributed by atoms with Gasteiger partial charge in [0.25, 0.3) is 0 Å². The summed E-state index contributed by atoms with van der Waals surface area (Å²) >= 11 is 0. The number of unbranched alkanes of at least 4 members (excludes halogenated alkanes) is 2. The molecule has 17 nitrogen and oxygen atoms in total. The van der Waals surface area contributed by atoms with Crippen LogP contribution in [0.1, 0.15) is 19.3 Å². The molecule has 15 unspecified atom stereocenters. The lowest BCUT2D eigenvalue weighted by Crippen LogP contribution is -2.66. The van der Waals surface area contributed by atoms with E-state index in [-0.39, 0.29) is 6.61 Å². The molecule has 0 spiro atoms. The minimum atomic E-state index is -1.91. The molecule has 4 fully saturated rings. The molecule has 4 aliphatic heterocycles. The van der Waals surface area contributed by atoms with Crippen molar-refractivity contribution in [1.29, 1.82) is 0 Å². The van der Waals surface area contributed by atoms with Crippen molar-refractivity contribution in [3.63, 3.8) is 0 Å². The fourth-order valence-electron chi connectivity index (χ4n) is 5.05. The number of hydrogen-bond acceptors (Lipinski definition) is 16. The molecule has 40 heavy (non-hydrogen) atoms. The van der Waals surface area contributed by atoms with Crippen LogP contribution in [0.3, 0.4) is 0 Å². The van der Waals surface area contributed by atoms with Gasteiger partial charge in [-0.25, -0.2) is 4.79 Å². The Balaban J connectivity index is 1.39. The molecule has 0 bridgehead atoms. The van der Waals surface area contributed by atoms with Gasteiger partial charge in [-0.1, -0.05) is 0 Å². The topological polar surface area (TPSA) is 273 Å². The molecule has 0 aromatic heterocycles. The van der Waals surface area contributed by atoms with Crippen molar-refractivity contribution in [3.05, 3.63) is 0 Å². The van der Waals surface area contributed by atoms with Crippen molar-refractivity contribution in [2.45, 2.75) is 111 Å². The molecule has 0 aliphatic carbocycles. The standard InChI is InChI=1S/C23H39NO16/c24-4-2-1-3-5-34-21-12(29)11(28)17(19(40-21)20(32)33)39-22-13(30)10(27)15(8(6-25)35-22)38-23-14(31)18-16(37-18)9(7-26)36-23/h8-19,21-23,25-31H,1-7,24H2,(H,32,33). The predicted octanol–water partition coefficient (Wildman–Crippen LogP) is -5.28. The summed E-state index contributed by atoms with van der Waals surface area (Å²) in [5, 5.41) is 82.1. The maximum atomic E-state index is 11.9. The molecule has 15 atom stereocenters. The Bertz CT molecular complexity index is 822. The maximum Gasteiger partial charge on any atom is 0.335 e. The van der Waals surface area contributed by atoms with Gasteiger partial charge in [0.2, 0.25) is 0 Å². The van der Waals surface area contributed by atoms with E-state index in [1.54, 1.807) is 0 Å². The van der Waals surface area contributed by atoms with Crippen molar-refractivity contribution in [2.75, 3.05) is 26.4 Å². The highest BCUT2D eigenvalue weighted by atomic mass is 16.8. The minimum Gasteiger partial charge on any atom is -0.479 e. The summed E-state index contributed by atoms with van der Waals surface area (Å²) < 4.78 is 38.2. The van der Waals surface area contributed by atoms with Gasteiger partial charge in [-0.05, 0) is 25.8 Å². The number of carboxylic acids is 1. The van der Waals surface area contributed by atoms with Gasteiger partial charge in [0, 0.05) is 6.61 Å². The van der Waals surface area contributed by atoms with E-state index in [9.17, 15) is 45.6 Å². The second kappa shape index (κ2) is 13.9. The fourth-order valence-corrected chi connectivity index (χ4v) is 5.05. The van der Waals surface area contributed by atoms with Gasteiger partial charge in [-0.3, -0.25) is 0 Å². The van der Waals surface area contributed by atoms with E-state index in [1.165, 1.54) is 0 Å². The van der Waals surface area contributed by atoms with Gasteiger partial charge in [-0.2, -0.15) is 0 Å². The number of ether oxygens (including phenoxy) is 7. The molecule has 0 radical (unpaired) electrons. The largest absolute Gasteiger partial charge is 0.479 e. The quantitative estimate of drug-likeness (QED) is 0.0721. The van der Waals surface area contributed by atoms with Gasteiger partial charge in [0.15, 0.2) is 25.0 Å². The molecule has 0 aromatic carbocycles. The van der Waals surface area contributed by atoms with E-state index < -0.39 is 111 Å². The Morgan fingerprint density at radius 3 is 1.93 bits per heavy atom. The minimum absolute atomic E-state index is 0.106.